The molecule has 24 heavy (non-hydrogen) atoms. The van der Waals surface area contributed by atoms with Gasteiger partial charge in [0.2, 0.25) is 5.91 Å². The number of carbonyl (C=O) groups is 2. The van der Waals surface area contributed by atoms with Crippen molar-refractivity contribution in [1.82, 2.24) is 4.90 Å². The minimum atomic E-state index is -0.522. The van der Waals surface area contributed by atoms with Gasteiger partial charge in [-0.05, 0) is 19.1 Å². The third-order valence-electron chi connectivity index (χ3n) is 3.69. The van der Waals surface area contributed by atoms with Crippen LogP contribution in [-0.4, -0.2) is 47.9 Å². The average Bonchev–Trinajstić information content (AvgIpc) is 2.90. The lowest BCUT2D eigenvalue weighted by Gasteiger charge is -2.17. The summed E-state index contributed by atoms with van der Waals surface area (Å²) in [5, 5.41) is 14.2. The zero-order valence-electron chi connectivity index (χ0n) is 13.2. The number of esters is 1. The van der Waals surface area contributed by atoms with Crippen LogP contribution in [-0.2, 0) is 14.3 Å². The number of benzene rings is 1. The van der Waals surface area contributed by atoms with Crippen molar-refractivity contribution in [2.45, 2.75) is 13.3 Å². The number of carbonyl (C=O) groups excluding carboxylic acids is 2. The lowest BCUT2D eigenvalue weighted by atomic mass is 10.1. The highest BCUT2D eigenvalue weighted by Gasteiger charge is 2.34. The first kappa shape index (κ1) is 18.0. The van der Waals surface area contributed by atoms with Crippen molar-refractivity contribution in [2.75, 3.05) is 31.6 Å². The number of nitro groups is 1. The molecule has 1 N–H and O–H groups in total. The normalized spacial score (nSPS) is 17.0. The van der Waals surface area contributed by atoms with Crippen LogP contribution in [0.3, 0.4) is 0 Å². The summed E-state index contributed by atoms with van der Waals surface area (Å²) in [6.45, 7) is 2.97. The van der Waals surface area contributed by atoms with E-state index in [0.717, 1.165) is 0 Å². The number of hydrogen-bond donors (Lipinski definition) is 1. The van der Waals surface area contributed by atoms with Gasteiger partial charge in [0.1, 0.15) is 5.69 Å². The highest BCUT2D eigenvalue weighted by Crippen LogP contribution is 2.27. The smallest absolute Gasteiger partial charge is 0.311 e. The predicted octanol–water partition coefficient (Wildman–Crippen LogP) is 2.07. The first-order valence-corrected chi connectivity index (χ1v) is 7.92. The van der Waals surface area contributed by atoms with Crippen LogP contribution in [0.15, 0.2) is 18.2 Å². The molecular weight excluding hydrogens is 338 g/mol. The van der Waals surface area contributed by atoms with E-state index in [1.54, 1.807) is 17.9 Å². The second kappa shape index (κ2) is 7.96. The maximum Gasteiger partial charge on any atom is 0.311 e. The van der Waals surface area contributed by atoms with E-state index in [-0.39, 0.29) is 35.6 Å². The van der Waals surface area contributed by atoms with Crippen molar-refractivity contribution >= 4 is 34.9 Å². The first-order chi connectivity index (χ1) is 11.4. The molecule has 1 aromatic rings. The van der Waals surface area contributed by atoms with Gasteiger partial charge in [-0.2, -0.15) is 0 Å². The van der Waals surface area contributed by atoms with Crippen LogP contribution < -0.4 is 5.32 Å². The second-order valence-electron chi connectivity index (χ2n) is 5.34. The van der Waals surface area contributed by atoms with Crippen LogP contribution in [0.4, 0.5) is 11.4 Å². The number of rotatable bonds is 7. The lowest BCUT2D eigenvalue weighted by molar-refractivity contribution is -0.383. The zero-order valence-corrected chi connectivity index (χ0v) is 13.9. The summed E-state index contributed by atoms with van der Waals surface area (Å²) in [5.74, 6) is -0.933. The van der Waals surface area contributed by atoms with E-state index < -0.39 is 10.8 Å². The van der Waals surface area contributed by atoms with E-state index in [1.165, 1.54) is 12.1 Å². The molecule has 0 radical (unpaired) electrons. The molecule has 0 aliphatic carbocycles. The quantitative estimate of drug-likeness (QED) is 0.456. The summed E-state index contributed by atoms with van der Waals surface area (Å²) in [4.78, 5) is 35.6. The summed E-state index contributed by atoms with van der Waals surface area (Å²) < 4.78 is 4.93. The van der Waals surface area contributed by atoms with Gasteiger partial charge in [-0.15, -0.1) is 0 Å². The molecule has 0 spiro atoms. The Hall–Kier alpha value is -2.35. The third-order valence-corrected chi connectivity index (χ3v) is 3.92. The number of hydrogen-bond acceptors (Lipinski definition) is 6. The van der Waals surface area contributed by atoms with Crippen molar-refractivity contribution in [2.24, 2.45) is 5.92 Å². The molecule has 8 nitrogen and oxygen atoms in total. The van der Waals surface area contributed by atoms with Crippen LogP contribution in [0.5, 0.6) is 0 Å². The fourth-order valence-corrected chi connectivity index (χ4v) is 2.70. The average molecular weight is 356 g/mol. The highest BCUT2D eigenvalue weighted by atomic mass is 35.5. The molecule has 0 unspecified atom stereocenters. The Labute approximate surface area is 143 Å². The van der Waals surface area contributed by atoms with Crippen molar-refractivity contribution in [1.29, 1.82) is 0 Å². The van der Waals surface area contributed by atoms with E-state index in [0.29, 0.717) is 25.3 Å². The van der Waals surface area contributed by atoms with Crippen LogP contribution in [0.25, 0.3) is 0 Å². The van der Waals surface area contributed by atoms with E-state index in [2.05, 4.69) is 5.32 Å². The van der Waals surface area contributed by atoms with E-state index in [1.807, 2.05) is 0 Å². The van der Waals surface area contributed by atoms with Crippen LogP contribution in [0.1, 0.15) is 13.3 Å². The Morgan fingerprint density at radius 2 is 2.29 bits per heavy atom. The molecule has 1 fully saturated rings. The molecule has 1 aromatic carbocycles. The molecule has 1 heterocycles. The number of likely N-dealkylation sites (tertiary alicyclic amines) is 1. The fourth-order valence-electron chi connectivity index (χ4n) is 2.54. The standard InChI is InChI=1S/C15H18ClN3O5/c1-2-24-15(21)10-7-14(20)18(9-10)6-5-17-12-4-3-11(16)8-13(12)19(22)23/h3-4,8,10,17H,2,5-7,9H2,1H3/t10-/m1/s1. The van der Waals surface area contributed by atoms with E-state index in [4.69, 9.17) is 16.3 Å². The van der Waals surface area contributed by atoms with Crippen LogP contribution >= 0.6 is 11.6 Å². The molecule has 1 aliphatic rings. The second-order valence-corrected chi connectivity index (χ2v) is 5.77. The van der Waals surface area contributed by atoms with E-state index >= 15 is 0 Å². The molecule has 0 saturated carbocycles. The van der Waals surface area contributed by atoms with Crippen molar-refractivity contribution in [3.05, 3.63) is 33.3 Å². The fraction of sp³-hybridized carbons (Fsp3) is 0.467. The Morgan fingerprint density at radius 1 is 1.54 bits per heavy atom. The lowest BCUT2D eigenvalue weighted by Crippen LogP contribution is -2.31. The Bertz CT molecular complexity index is 652. The summed E-state index contributed by atoms with van der Waals surface area (Å²) in [7, 11) is 0. The molecule has 130 valence electrons. The van der Waals surface area contributed by atoms with Gasteiger partial charge in [0.25, 0.3) is 5.69 Å². The molecule has 1 saturated heterocycles. The number of halogens is 1. The number of anilines is 1. The van der Waals surface area contributed by atoms with Crippen LogP contribution in [0.2, 0.25) is 5.02 Å². The highest BCUT2D eigenvalue weighted by molar-refractivity contribution is 6.30. The number of nitrogens with zero attached hydrogens (tertiary/aromatic N) is 2. The van der Waals surface area contributed by atoms with Gasteiger partial charge in [-0.1, -0.05) is 11.6 Å². The van der Waals surface area contributed by atoms with Crippen LogP contribution in [0, 0.1) is 16.0 Å². The minimum Gasteiger partial charge on any atom is -0.466 e. The summed E-state index contributed by atoms with van der Waals surface area (Å²) >= 11 is 5.76. The van der Waals surface area contributed by atoms with Gasteiger partial charge in [-0.3, -0.25) is 19.7 Å². The topological polar surface area (TPSA) is 102 Å². The van der Waals surface area contributed by atoms with Gasteiger partial charge in [-0.25, -0.2) is 0 Å². The summed E-state index contributed by atoms with van der Waals surface area (Å²) in [5.41, 5.74) is 0.206. The van der Waals surface area contributed by atoms with Gasteiger partial charge in [0.05, 0.1) is 17.4 Å². The van der Waals surface area contributed by atoms with Crippen molar-refractivity contribution < 1.29 is 19.2 Å². The maximum absolute atomic E-state index is 11.9. The van der Waals surface area contributed by atoms with Crippen molar-refractivity contribution in [3.8, 4) is 0 Å². The maximum atomic E-state index is 11.9. The predicted molar refractivity (Wildman–Crippen MR) is 87.9 cm³/mol. The molecule has 1 aliphatic heterocycles. The molecule has 0 bridgehead atoms. The molecule has 9 heteroatoms. The number of amides is 1. The summed E-state index contributed by atoms with van der Waals surface area (Å²) in [6.07, 6.45) is 0.139. The Kier molecular flexibility index (Phi) is 5.97. The number of nitrogens with one attached hydrogen (secondary N) is 1. The largest absolute Gasteiger partial charge is 0.466 e. The zero-order chi connectivity index (χ0) is 17.7. The Balaban J connectivity index is 1.90. The number of nitro benzene ring substituents is 1. The van der Waals surface area contributed by atoms with Crippen molar-refractivity contribution in [3.63, 3.8) is 0 Å². The molecular formula is C15H18ClN3O5. The summed E-state index contributed by atoms with van der Waals surface area (Å²) in [6, 6.07) is 4.34. The van der Waals surface area contributed by atoms with Gasteiger partial charge >= 0.3 is 5.97 Å². The van der Waals surface area contributed by atoms with Gasteiger partial charge in [0.15, 0.2) is 0 Å². The number of ether oxygens (including phenoxy) is 1. The van der Waals surface area contributed by atoms with Gasteiger partial charge in [0, 0.05) is 37.1 Å². The molecule has 2 rings (SSSR count). The Morgan fingerprint density at radius 3 is 2.96 bits per heavy atom. The third kappa shape index (κ3) is 4.35. The first-order valence-electron chi connectivity index (χ1n) is 7.54. The van der Waals surface area contributed by atoms with Gasteiger partial charge < -0.3 is 15.0 Å². The minimum absolute atomic E-state index is 0.125. The monoisotopic (exact) mass is 355 g/mol. The molecule has 1 atom stereocenters. The molecule has 1 amide bonds. The SMILES string of the molecule is CCOC(=O)[C@@H]1CC(=O)N(CCNc2ccc(Cl)cc2[N+](=O)[O-])C1. The van der Waals surface area contributed by atoms with E-state index in [9.17, 15) is 19.7 Å². The molecule has 0 aromatic heterocycles.